The summed E-state index contributed by atoms with van der Waals surface area (Å²) in [7, 11) is 0. The van der Waals surface area contributed by atoms with Gasteiger partial charge in [-0.1, -0.05) is 5.21 Å². The monoisotopic (exact) mass is 367 g/mol. The van der Waals surface area contributed by atoms with Gasteiger partial charge in [0.05, 0.1) is 18.4 Å². The smallest absolute Gasteiger partial charge is 0.335 e. The number of nitrogens with zero attached hydrogens (tertiary/aromatic N) is 3. The van der Waals surface area contributed by atoms with Gasteiger partial charge in [-0.05, 0) is 55.5 Å². The zero-order chi connectivity index (χ0) is 18.8. The minimum absolute atomic E-state index is 0.0572. The zero-order valence-electron chi connectivity index (χ0n) is 14.9. The van der Waals surface area contributed by atoms with E-state index in [9.17, 15) is 9.59 Å². The van der Waals surface area contributed by atoms with Crippen molar-refractivity contribution in [3.05, 3.63) is 52.4 Å². The highest BCUT2D eigenvalue weighted by molar-refractivity contribution is 6.12. The maximum Gasteiger partial charge on any atom is 0.335 e. The lowest BCUT2D eigenvalue weighted by atomic mass is 9.97. The van der Waals surface area contributed by atoms with Crippen LogP contribution in [0.1, 0.15) is 51.2 Å². The number of ketones is 1. The number of aromatic carboxylic acids is 1. The number of carbonyl (C=O) groups is 2. The van der Waals surface area contributed by atoms with Crippen LogP contribution in [0.3, 0.4) is 0 Å². The number of ether oxygens (including phenoxy) is 1. The molecule has 7 heteroatoms. The molecule has 0 spiro atoms. The number of aromatic nitrogens is 3. The fourth-order valence-corrected chi connectivity index (χ4v) is 3.69. The van der Waals surface area contributed by atoms with Crippen LogP contribution in [-0.4, -0.2) is 45.1 Å². The van der Waals surface area contributed by atoms with Gasteiger partial charge >= 0.3 is 5.97 Å². The number of allylic oxidation sites excluding steroid dienone is 1. The zero-order valence-corrected chi connectivity index (χ0v) is 14.9. The Morgan fingerprint density at radius 2 is 2.26 bits per heavy atom. The number of benzene rings is 1. The predicted molar refractivity (Wildman–Crippen MR) is 97.6 cm³/mol. The number of hydrogen-bond donors (Lipinski definition) is 1. The van der Waals surface area contributed by atoms with E-state index < -0.39 is 5.97 Å². The van der Waals surface area contributed by atoms with Gasteiger partial charge in [0.15, 0.2) is 5.78 Å². The number of fused-ring (bicyclic) bond motifs is 1. The number of aryl methyl sites for hydroxylation is 1. The second kappa shape index (κ2) is 7.44. The number of rotatable bonds is 4. The SMILES string of the molecule is O=C(O)c1ccc2c(c1)CCC/C(=C\c1cn(CC3CCOC3)nn1)C2=O. The standard InChI is InChI=1S/C20H21N3O4/c24-19-15(3-1-2-14-8-16(20(25)26)4-5-18(14)19)9-17-11-23(22-21-17)10-13-6-7-27-12-13/h4-5,8-9,11,13H,1-3,6-7,10,12H2,(H,25,26)/b15-9+. The van der Waals surface area contributed by atoms with E-state index in [0.717, 1.165) is 38.2 Å². The fourth-order valence-electron chi connectivity index (χ4n) is 3.69. The molecular formula is C20H21N3O4. The topological polar surface area (TPSA) is 94.3 Å². The van der Waals surface area contributed by atoms with E-state index in [0.29, 0.717) is 35.6 Å². The second-order valence-electron chi connectivity index (χ2n) is 7.12. The summed E-state index contributed by atoms with van der Waals surface area (Å²) in [6.07, 6.45) is 6.81. The maximum absolute atomic E-state index is 12.9. The quantitative estimate of drug-likeness (QED) is 0.659. The first-order valence-corrected chi connectivity index (χ1v) is 9.19. The van der Waals surface area contributed by atoms with Crippen molar-refractivity contribution in [1.29, 1.82) is 0 Å². The van der Waals surface area contributed by atoms with Crippen LogP contribution in [0.4, 0.5) is 0 Å². The Balaban J connectivity index is 1.55. The van der Waals surface area contributed by atoms with Crippen molar-refractivity contribution in [2.75, 3.05) is 13.2 Å². The van der Waals surface area contributed by atoms with Crippen LogP contribution in [0, 0.1) is 5.92 Å². The number of carboxylic acids is 1. The van der Waals surface area contributed by atoms with Gasteiger partial charge in [-0.15, -0.1) is 5.10 Å². The third-order valence-corrected chi connectivity index (χ3v) is 5.13. The van der Waals surface area contributed by atoms with E-state index in [1.165, 1.54) is 6.07 Å². The number of Topliss-reactive ketones (excluding diaryl/α,β-unsaturated/α-hetero) is 1. The molecule has 1 N–H and O–H groups in total. The highest BCUT2D eigenvalue weighted by atomic mass is 16.5. The first-order valence-electron chi connectivity index (χ1n) is 9.19. The molecule has 1 fully saturated rings. The predicted octanol–water partition coefficient (Wildman–Crippen LogP) is 2.62. The van der Waals surface area contributed by atoms with Crippen LogP contribution in [-0.2, 0) is 17.7 Å². The summed E-state index contributed by atoms with van der Waals surface area (Å²) in [6, 6.07) is 4.72. The van der Waals surface area contributed by atoms with Gasteiger partial charge < -0.3 is 9.84 Å². The molecule has 0 amide bonds. The third-order valence-electron chi connectivity index (χ3n) is 5.13. The van der Waals surface area contributed by atoms with Crippen LogP contribution in [0.2, 0.25) is 0 Å². The highest BCUT2D eigenvalue weighted by Crippen LogP contribution is 2.26. The highest BCUT2D eigenvalue weighted by Gasteiger charge is 2.22. The van der Waals surface area contributed by atoms with Gasteiger partial charge in [0.1, 0.15) is 5.69 Å². The lowest BCUT2D eigenvalue weighted by molar-refractivity contribution is 0.0696. The second-order valence-corrected chi connectivity index (χ2v) is 7.12. The lowest BCUT2D eigenvalue weighted by Crippen LogP contribution is -2.11. The molecule has 0 bridgehead atoms. The van der Waals surface area contributed by atoms with Crippen LogP contribution in [0.5, 0.6) is 0 Å². The van der Waals surface area contributed by atoms with Gasteiger partial charge in [-0.3, -0.25) is 9.48 Å². The first kappa shape index (κ1) is 17.6. The Morgan fingerprint density at radius 3 is 3.04 bits per heavy atom. The van der Waals surface area contributed by atoms with Crippen LogP contribution in [0.25, 0.3) is 6.08 Å². The average molecular weight is 367 g/mol. The van der Waals surface area contributed by atoms with Gasteiger partial charge in [0, 0.05) is 30.2 Å². The van der Waals surface area contributed by atoms with Gasteiger partial charge in [-0.25, -0.2) is 4.79 Å². The van der Waals surface area contributed by atoms with Crippen LogP contribution < -0.4 is 0 Å². The molecular weight excluding hydrogens is 346 g/mol. The van der Waals surface area contributed by atoms with E-state index in [4.69, 9.17) is 9.84 Å². The summed E-state index contributed by atoms with van der Waals surface area (Å²) in [5, 5.41) is 17.5. The number of hydrogen-bond acceptors (Lipinski definition) is 5. The Labute approximate surface area is 156 Å². The molecule has 2 aromatic rings. The minimum Gasteiger partial charge on any atom is -0.478 e. The Morgan fingerprint density at radius 1 is 1.37 bits per heavy atom. The molecule has 1 atom stereocenters. The van der Waals surface area contributed by atoms with E-state index in [2.05, 4.69) is 10.3 Å². The molecule has 140 valence electrons. The number of carboxylic acid groups (broad SMARTS) is 1. The fraction of sp³-hybridized carbons (Fsp3) is 0.400. The Hall–Kier alpha value is -2.80. The molecule has 2 aliphatic rings. The molecule has 27 heavy (non-hydrogen) atoms. The summed E-state index contributed by atoms with van der Waals surface area (Å²) in [5.74, 6) is -0.574. The van der Waals surface area contributed by atoms with Gasteiger partial charge in [0.2, 0.25) is 0 Å². The molecule has 7 nitrogen and oxygen atoms in total. The molecule has 4 rings (SSSR count). The van der Waals surface area contributed by atoms with E-state index in [1.807, 2.05) is 6.20 Å². The van der Waals surface area contributed by atoms with Crippen molar-refractivity contribution in [3.8, 4) is 0 Å². The van der Waals surface area contributed by atoms with Crippen molar-refractivity contribution >= 4 is 17.8 Å². The molecule has 1 aromatic heterocycles. The van der Waals surface area contributed by atoms with Crippen LogP contribution >= 0.6 is 0 Å². The van der Waals surface area contributed by atoms with E-state index >= 15 is 0 Å². The third kappa shape index (κ3) is 3.83. The van der Waals surface area contributed by atoms with E-state index in [-0.39, 0.29) is 11.3 Å². The molecule has 0 radical (unpaired) electrons. The van der Waals surface area contributed by atoms with Crippen molar-refractivity contribution < 1.29 is 19.4 Å². The molecule has 1 aliphatic carbocycles. The minimum atomic E-state index is -0.977. The molecule has 0 saturated carbocycles. The Kier molecular flexibility index (Phi) is 4.85. The molecule has 2 heterocycles. The summed E-state index contributed by atoms with van der Waals surface area (Å²) in [4.78, 5) is 24.1. The maximum atomic E-state index is 12.9. The van der Waals surface area contributed by atoms with Gasteiger partial charge in [-0.2, -0.15) is 0 Å². The molecule has 1 saturated heterocycles. The first-order chi connectivity index (χ1) is 13.1. The largest absolute Gasteiger partial charge is 0.478 e. The summed E-state index contributed by atoms with van der Waals surface area (Å²) < 4.78 is 7.19. The number of carbonyl (C=O) groups excluding carboxylic acids is 1. The molecule has 1 aliphatic heterocycles. The van der Waals surface area contributed by atoms with Crippen molar-refractivity contribution in [2.45, 2.75) is 32.2 Å². The van der Waals surface area contributed by atoms with Crippen molar-refractivity contribution in [1.82, 2.24) is 15.0 Å². The average Bonchev–Trinajstić information content (AvgIpc) is 3.29. The molecule has 1 unspecified atom stereocenters. The van der Waals surface area contributed by atoms with Crippen molar-refractivity contribution in [2.24, 2.45) is 5.92 Å². The normalized spacial score (nSPS) is 21.3. The Bertz CT molecular complexity index is 910. The molecule has 1 aromatic carbocycles. The van der Waals surface area contributed by atoms with Crippen molar-refractivity contribution in [3.63, 3.8) is 0 Å². The summed E-state index contributed by atoms with van der Waals surface area (Å²) in [6.45, 7) is 2.32. The van der Waals surface area contributed by atoms with E-state index in [1.54, 1.807) is 22.9 Å². The lowest BCUT2D eigenvalue weighted by Gasteiger charge is -2.06. The van der Waals surface area contributed by atoms with Gasteiger partial charge in [0.25, 0.3) is 0 Å². The summed E-state index contributed by atoms with van der Waals surface area (Å²) >= 11 is 0. The summed E-state index contributed by atoms with van der Waals surface area (Å²) in [5.41, 5.74) is 2.95. The van der Waals surface area contributed by atoms with Crippen LogP contribution in [0.15, 0.2) is 30.0 Å².